The van der Waals surface area contributed by atoms with E-state index in [4.69, 9.17) is 5.73 Å². The van der Waals surface area contributed by atoms with Crippen LogP contribution in [0, 0.1) is 23.6 Å². The molecule has 2 aliphatic carbocycles. The Morgan fingerprint density at radius 3 is 2.62 bits per heavy atom. The van der Waals surface area contributed by atoms with Gasteiger partial charge in [0.25, 0.3) is 0 Å². The van der Waals surface area contributed by atoms with Gasteiger partial charge in [-0.3, -0.25) is 4.79 Å². The van der Waals surface area contributed by atoms with Crippen molar-refractivity contribution in [1.29, 1.82) is 0 Å². The summed E-state index contributed by atoms with van der Waals surface area (Å²) in [5, 5.41) is 0. The second kappa shape index (κ2) is 7.52. The third kappa shape index (κ3) is 3.67. The van der Waals surface area contributed by atoms with E-state index in [9.17, 15) is 9.18 Å². The minimum absolute atomic E-state index is 0.0512. The molecule has 1 aromatic rings. The van der Waals surface area contributed by atoms with Crippen LogP contribution in [0.4, 0.5) is 4.39 Å². The van der Waals surface area contributed by atoms with Crippen molar-refractivity contribution in [3.05, 3.63) is 34.1 Å². The molecule has 132 valence electrons. The molecule has 0 saturated heterocycles. The van der Waals surface area contributed by atoms with Crippen molar-refractivity contribution in [3.63, 3.8) is 0 Å². The molecule has 1 amide bonds. The van der Waals surface area contributed by atoms with Crippen LogP contribution in [-0.2, 0) is 11.3 Å². The molecule has 0 radical (unpaired) electrons. The third-order valence-corrected chi connectivity index (χ3v) is 6.32. The Balaban J connectivity index is 1.71. The highest BCUT2D eigenvalue weighted by molar-refractivity contribution is 9.10. The molecule has 1 aromatic carbocycles. The fourth-order valence-electron chi connectivity index (χ4n) is 4.46. The zero-order valence-corrected chi connectivity index (χ0v) is 15.8. The number of halogens is 2. The second-order valence-corrected chi connectivity index (χ2v) is 8.20. The molecule has 2 unspecified atom stereocenters. The summed E-state index contributed by atoms with van der Waals surface area (Å²) in [6.07, 6.45) is 5.33. The number of hydrogen-bond donors (Lipinski definition) is 1. The van der Waals surface area contributed by atoms with E-state index in [1.165, 1.54) is 12.5 Å². The predicted octanol–water partition coefficient (Wildman–Crippen LogP) is 4.09. The maximum Gasteiger partial charge on any atom is 0.225 e. The first-order chi connectivity index (χ1) is 11.5. The van der Waals surface area contributed by atoms with Gasteiger partial charge in [-0.15, -0.1) is 0 Å². The first kappa shape index (κ1) is 17.9. The number of nitrogens with two attached hydrogens (primary N) is 1. The monoisotopic (exact) mass is 396 g/mol. The van der Waals surface area contributed by atoms with E-state index >= 15 is 0 Å². The number of rotatable bonds is 4. The van der Waals surface area contributed by atoms with Gasteiger partial charge in [-0.1, -0.05) is 22.4 Å². The number of benzene rings is 1. The summed E-state index contributed by atoms with van der Waals surface area (Å²) in [5.41, 5.74) is 6.90. The highest BCUT2D eigenvalue weighted by Crippen LogP contribution is 2.42. The van der Waals surface area contributed by atoms with Gasteiger partial charge in [0.2, 0.25) is 5.91 Å². The fraction of sp³-hybridized carbons (Fsp3) is 0.632. The Hall–Kier alpha value is -0.940. The average molecular weight is 397 g/mol. The number of nitrogens with zero attached hydrogens (tertiary/aromatic N) is 1. The predicted molar refractivity (Wildman–Crippen MR) is 96.7 cm³/mol. The van der Waals surface area contributed by atoms with E-state index in [-0.39, 0.29) is 23.7 Å². The Morgan fingerprint density at radius 1 is 1.33 bits per heavy atom. The standard InChI is InChI=1S/C19H26BrFN2O/c1-2-23(11-15-10-16(20)6-7-17(15)21)19(24)14-8-12-4-3-5-13(9-14)18(12)22/h6-7,10,12-14,18H,2-5,8-9,11,22H2,1H3. The van der Waals surface area contributed by atoms with Gasteiger partial charge in [0, 0.05) is 35.1 Å². The van der Waals surface area contributed by atoms with Crippen LogP contribution in [0.25, 0.3) is 0 Å². The lowest BCUT2D eigenvalue weighted by Gasteiger charge is -2.44. The van der Waals surface area contributed by atoms with E-state index in [1.54, 1.807) is 17.0 Å². The van der Waals surface area contributed by atoms with Gasteiger partial charge in [0.05, 0.1) is 0 Å². The number of hydrogen-bond acceptors (Lipinski definition) is 2. The zero-order chi connectivity index (χ0) is 17.3. The topological polar surface area (TPSA) is 46.3 Å². The highest BCUT2D eigenvalue weighted by Gasteiger charge is 2.41. The molecule has 0 spiro atoms. The number of fused-ring (bicyclic) bond motifs is 2. The van der Waals surface area contributed by atoms with Gasteiger partial charge in [-0.2, -0.15) is 0 Å². The summed E-state index contributed by atoms with van der Waals surface area (Å²) in [4.78, 5) is 14.8. The Kier molecular flexibility index (Phi) is 5.60. The molecule has 2 atom stereocenters. The summed E-state index contributed by atoms with van der Waals surface area (Å²) in [7, 11) is 0. The van der Waals surface area contributed by atoms with Crippen LogP contribution in [0.3, 0.4) is 0 Å². The van der Waals surface area contributed by atoms with E-state index in [2.05, 4.69) is 15.9 Å². The Labute approximate surface area is 151 Å². The maximum atomic E-state index is 14.0. The van der Waals surface area contributed by atoms with Crippen molar-refractivity contribution in [2.45, 2.75) is 51.6 Å². The molecular formula is C19H26BrFN2O. The van der Waals surface area contributed by atoms with Crippen molar-refractivity contribution >= 4 is 21.8 Å². The van der Waals surface area contributed by atoms with E-state index in [0.717, 1.165) is 30.2 Å². The van der Waals surface area contributed by atoms with E-state index in [0.29, 0.717) is 30.5 Å². The van der Waals surface area contributed by atoms with Crippen LogP contribution in [0.1, 0.15) is 44.6 Å². The molecular weight excluding hydrogens is 371 g/mol. The van der Waals surface area contributed by atoms with Crippen LogP contribution < -0.4 is 5.73 Å². The number of carbonyl (C=O) groups is 1. The van der Waals surface area contributed by atoms with E-state index in [1.807, 2.05) is 6.92 Å². The van der Waals surface area contributed by atoms with Crippen molar-refractivity contribution in [1.82, 2.24) is 4.90 Å². The number of amides is 1. The Bertz CT molecular complexity index is 595. The maximum absolute atomic E-state index is 14.0. The summed E-state index contributed by atoms with van der Waals surface area (Å²) in [5.74, 6) is 0.920. The van der Waals surface area contributed by atoms with Gasteiger partial charge in [0.15, 0.2) is 0 Å². The third-order valence-electron chi connectivity index (χ3n) is 5.82. The molecule has 0 aliphatic heterocycles. The number of carbonyl (C=O) groups excluding carboxylic acids is 1. The summed E-state index contributed by atoms with van der Waals surface area (Å²) in [6, 6.07) is 5.15. The quantitative estimate of drug-likeness (QED) is 0.832. The summed E-state index contributed by atoms with van der Waals surface area (Å²) >= 11 is 3.38. The zero-order valence-electron chi connectivity index (χ0n) is 14.2. The fourth-order valence-corrected chi connectivity index (χ4v) is 4.87. The van der Waals surface area contributed by atoms with Crippen LogP contribution in [0.5, 0.6) is 0 Å². The van der Waals surface area contributed by atoms with Crippen molar-refractivity contribution in [3.8, 4) is 0 Å². The SMILES string of the molecule is CCN(Cc1cc(Br)ccc1F)C(=O)C1CC2CCCC(C1)C2N. The minimum Gasteiger partial charge on any atom is -0.338 e. The van der Waals surface area contributed by atoms with Gasteiger partial charge >= 0.3 is 0 Å². The van der Waals surface area contributed by atoms with Crippen molar-refractivity contribution in [2.75, 3.05) is 6.54 Å². The molecule has 2 fully saturated rings. The first-order valence-corrected chi connectivity index (χ1v) is 9.77. The minimum atomic E-state index is -0.257. The van der Waals surface area contributed by atoms with Crippen LogP contribution in [-0.4, -0.2) is 23.4 Å². The molecule has 2 N–H and O–H groups in total. The smallest absolute Gasteiger partial charge is 0.225 e. The Morgan fingerprint density at radius 2 is 2.00 bits per heavy atom. The molecule has 2 saturated carbocycles. The lowest BCUT2D eigenvalue weighted by Crippen LogP contribution is -2.49. The lowest BCUT2D eigenvalue weighted by atomic mass is 9.65. The van der Waals surface area contributed by atoms with Crippen molar-refractivity contribution < 1.29 is 9.18 Å². The lowest BCUT2D eigenvalue weighted by molar-refractivity contribution is -0.139. The summed E-state index contributed by atoms with van der Waals surface area (Å²) in [6.45, 7) is 2.89. The molecule has 2 aliphatic rings. The van der Waals surface area contributed by atoms with Gasteiger partial charge in [-0.25, -0.2) is 4.39 Å². The molecule has 0 aromatic heterocycles. The average Bonchev–Trinajstić information content (AvgIpc) is 2.55. The molecule has 2 bridgehead atoms. The van der Waals surface area contributed by atoms with Gasteiger partial charge < -0.3 is 10.6 Å². The van der Waals surface area contributed by atoms with Crippen LogP contribution >= 0.6 is 15.9 Å². The normalized spacial score (nSPS) is 29.3. The highest BCUT2D eigenvalue weighted by atomic mass is 79.9. The van der Waals surface area contributed by atoms with Crippen molar-refractivity contribution in [2.24, 2.45) is 23.5 Å². The van der Waals surface area contributed by atoms with Crippen LogP contribution in [0.2, 0.25) is 0 Å². The molecule has 0 heterocycles. The van der Waals surface area contributed by atoms with Crippen LogP contribution in [0.15, 0.2) is 22.7 Å². The molecule has 3 nitrogen and oxygen atoms in total. The first-order valence-electron chi connectivity index (χ1n) is 8.98. The largest absolute Gasteiger partial charge is 0.338 e. The summed E-state index contributed by atoms with van der Waals surface area (Å²) < 4.78 is 14.9. The molecule has 3 rings (SSSR count). The second-order valence-electron chi connectivity index (χ2n) is 7.28. The van der Waals surface area contributed by atoms with Gasteiger partial charge in [-0.05, 0) is 62.6 Å². The molecule has 5 heteroatoms. The van der Waals surface area contributed by atoms with Gasteiger partial charge in [0.1, 0.15) is 5.82 Å². The van der Waals surface area contributed by atoms with E-state index < -0.39 is 0 Å². The molecule has 24 heavy (non-hydrogen) atoms.